The molecule has 0 fully saturated rings. The van der Waals surface area contributed by atoms with Gasteiger partial charge in [0, 0.05) is 29.9 Å². The molecule has 0 radical (unpaired) electrons. The lowest BCUT2D eigenvalue weighted by Crippen LogP contribution is -2.37. The van der Waals surface area contributed by atoms with Crippen LogP contribution in [0.2, 0.25) is 0 Å². The molecular weight excluding hydrogens is 445 g/mol. The second-order valence-electron chi connectivity index (χ2n) is 7.37. The van der Waals surface area contributed by atoms with Gasteiger partial charge < -0.3 is 10.6 Å². The highest BCUT2D eigenvalue weighted by atomic mass is 19.1. The predicted octanol–water partition coefficient (Wildman–Crippen LogP) is 4.00. The molecule has 4 aromatic rings. The zero-order chi connectivity index (χ0) is 24.1. The zero-order valence-electron chi connectivity index (χ0n) is 17.8. The van der Waals surface area contributed by atoms with Crippen LogP contribution in [0.15, 0.2) is 79.0 Å². The summed E-state index contributed by atoms with van der Waals surface area (Å²) in [5.41, 5.74) is 2.33. The molecule has 1 aromatic heterocycles. The summed E-state index contributed by atoms with van der Waals surface area (Å²) < 4.78 is 41.8. The second kappa shape index (κ2) is 10.0. The average Bonchev–Trinajstić information content (AvgIpc) is 3.26. The van der Waals surface area contributed by atoms with Crippen LogP contribution in [0.25, 0.3) is 16.9 Å². The number of amides is 2. The maximum Gasteiger partial charge on any atom is 0.254 e. The van der Waals surface area contributed by atoms with Crippen molar-refractivity contribution in [1.29, 1.82) is 0 Å². The smallest absolute Gasteiger partial charge is 0.254 e. The quantitative estimate of drug-likeness (QED) is 0.434. The molecule has 2 N–H and O–H groups in total. The number of para-hydroxylation sites is 1. The van der Waals surface area contributed by atoms with E-state index in [1.807, 2.05) is 30.3 Å². The topological polar surface area (TPSA) is 76.0 Å². The van der Waals surface area contributed by atoms with Crippen LogP contribution in [-0.2, 0) is 11.3 Å². The zero-order valence-corrected chi connectivity index (χ0v) is 17.8. The summed E-state index contributed by atoms with van der Waals surface area (Å²) in [5, 5.41) is 9.57. The Hall–Kier alpha value is -4.40. The number of hydrogen-bond donors (Lipinski definition) is 2. The molecule has 172 valence electrons. The third kappa shape index (κ3) is 5.32. The Morgan fingerprint density at radius 3 is 2.26 bits per heavy atom. The van der Waals surface area contributed by atoms with E-state index in [0.717, 1.165) is 17.8 Å². The van der Waals surface area contributed by atoms with Crippen molar-refractivity contribution in [3.05, 3.63) is 108 Å². The van der Waals surface area contributed by atoms with Crippen molar-refractivity contribution in [1.82, 2.24) is 20.4 Å². The second-order valence-corrected chi connectivity index (χ2v) is 7.37. The van der Waals surface area contributed by atoms with Crippen LogP contribution < -0.4 is 10.6 Å². The van der Waals surface area contributed by atoms with E-state index >= 15 is 0 Å². The molecule has 2 amide bonds. The molecule has 0 bridgehead atoms. The molecule has 0 aliphatic heterocycles. The summed E-state index contributed by atoms with van der Waals surface area (Å²) >= 11 is 0. The van der Waals surface area contributed by atoms with Crippen LogP contribution >= 0.6 is 0 Å². The molecule has 0 saturated carbocycles. The fourth-order valence-corrected chi connectivity index (χ4v) is 3.29. The van der Waals surface area contributed by atoms with Crippen LogP contribution in [0.1, 0.15) is 15.9 Å². The molecule has 4 rings (SSSR count). The highest BCUT2D eigenvalue weighted by Crippen LogP contribution is 2.24. The van der Waals surface area contributed by atoms with E-state index in [1.165, 1.54) is 12.1 Å². The van der Waals surface area contributed by atoms with Crippen molar-refractivity contribution in [3.63, 3.8) is 0 Å². The van der Waals surface area contributed by atoms with Gasteiger partial charge >= 0.3 is 0 Å². The van der Waals surface area contributed by atoms with Crippen molar-refractivity contribution < 1.29 is 22.8 Å². The molecule has 0 aliphatic carbocycles. The van der Waals surface area contributed by atoms with E-state index in [2.05, 4.69) is 15.7 Å². The van der Waals surface area contributed by atoms with Crippen molar-refractivity contribution in [2.24, 2.45) is 0 Å². The first-order valence-corrected chi connectivity index (χ1v) is 10.3. The number of nitrogens with zero attached hydrogens (tertiary/aromatic N) is 2. The van der Waals surface area contributed by atoms with Crippen LogP contribution in [0.3, 0.4) is 0 Å². The van der Waals surface area contributed by atoms with Gasteiger partial charge in [-0.1, -0.05) is 18.2 Å². The molecule has 0 aliphatic rings. The van der Waals surface area contributed by atoms with E-state index in [-0.39, 0.29) is 17.9 Å². The Kier molecular flexibility index (Phi) is 6.72. The summed E-state index contributed by atoms with van der Waals surface area (Å²) in [6, 6.07) is 17.7. The number of carbonyl (C=O) groups is 2. The number of halogens is 3. The van der Waals surface area contributed by atoms with E-state index in [4.69, 9.17) is 0 Å². The lowest BCUT2D eigenvalue weighted by atomic mass is 10.1. The Balaban J connectivity index is 1.46. The van der Waals surface area contributed by atoms with Gasteiger partial charge in [0.1, 0.15) is 17.5 Å². The Morgan fingerprint density at radius 1 is 0.853 bits per heavy atom. The summed E-state index contributed by atoms with van der Waals surface area (Å²) in [5.74, 6) is -3.56. The molecule has 0 atom stereocenters. The summed E-state index contributed by atoms with van der Waals surface area (Å²) in [6.45, 7) is -0.326. The minimum Gasteiger partial charge on any atom is -0.350 e. The third-order valence-corrected chi connectivity index (χ3v) is 4.99. The van der Waals surface area contributed by atoms with Crippen LogP contribution in [0, 0.1) is 17.5 Å². The highest BCUT2D eigenvalue weighted by molar-refractivity contribution is 5.96. The summed E-state index contributed by atoms with van der Waals surface area (Å²) in [7, 11) is 0. The predicted molar refractivity (Wildman–Crippen MR) is 119 cm³/mol. The fourth-order valence-electron chi connectivity index (χ4n) is 3.29. The summed E-state index contributed by atoms with van der Waals surface area (Å²) in [6.07, 6.45) is 1.75. The van der Waals surface area contributed by atoms with Gasteiger partial charge in [-0.15, -0.1) is 0 Å². The normalized spacial score (nSPS) is 10.7. The van der Waals surface area contributed by atoms with Crippen molar-refractivity contribution in [2.75, 3.05) is 6.54 Å². The van der Waals surface area contributed by atoms with Gasteiger partial charge in [0.05, 0.1) is 23.5 Å². The molecule has 0 saturated heterocycles. The first-order valence-electron chi connectivity index (χ1n) is 10.3. The van der Waals surface area contributed by atoms with E-state index in [1.54, 1.807) is 23.0 Å². The van der Waals surface area contributed by atoms with E-state index in [9.17, 15) is 22.8 Å². The molecule has 6 nitrogen and oxygen atoms in total. The monoisotopic (exact) mass is 464 g/mol. The van der Waals surface area contributed by atoms with Crippen LogP contribution in [0.4, 0.5) is 13.2 Å². The maximum atomic E-state index is 13.7. The molecule has 3 aromatic carbocycles. The highest BCUT2D eigenvalue weighted by Gasteiger charge is 2.16. The first kappa shape index (κ1) is 22.8. The molecule has 1 heterocycles. The largest absolute Gasteiger partial charge is 0.350 e. The molecular formula is C25H19F3N4O2. The standard InChI is InChI=1S/C25H19F3N4O2/c26-18-8-6-16(7-9-18)24-17(15-32(31-24)20-4-2-1-3-5-20)13-29-23(33)14-30-25(34)21-11-10-19(27)12-22(21)28/h1-12,15H,13-14H2,(H,29,33)(H,30,34). The van der Waals surface area contributed by atoms with Gasteiger partial charge in [-0.05, 0) is 48.5 Å². The van der Waals surface area contributed by atoms with Gasteiger partial charge in [0.15, 0.2) is 0 Å². The number of carbonyl (C=O) groups excluding carboxylic acids is 2. The van der Waals surface area contributed by atoms with Crippen molar-refractivity contribution in [2.45, 2.75) is 6.54 Å². The maximum absolute atomic E-state index is 13.7. The molecule has 9 heteroatoms. The Labute approximate surface area is 193 Å². The Bertz CT molecular complexity index is 1320. The number of nitrogens with one attached hydrogen (secondary N) is 2. The third-order valence-electron chi connectivity index (χ3n) is 4.99. The lowest BCUT2D eigenvalue weighted by Gasteiger charge is -2.08. The Morgan fingerprint density at radius 2 is 1.56 bits per heavy atom. The number of hydrogen-bond acceptors (Lipinski definition) is 3. The number of aromatic nitrogens is 2. The average molecular weight is 464 g/mol. The molecule has 0 spiro atoms. The number of rotatable bonds is 7. The fraction of sp³-hybridized carbons (Fsp3) is 0.0800. The molecule has 0 unspecified atom stereocenters. The lowest BCUT2D eigenvalue weighted by molar-refractivity contribution is -0.120. The van der Waals surface area contributed by atoms with Gasteiger partial charge in [0.25, 0.3) is 5.91 Å². The minimum absolute atomic E-state index is 0.0825. The summed E-state index contributed by atoms with van der Waals surface area (Å²) in [4.78, 5) is 24.4. The number of benzene rings is 3. The van der Waals surface area contributed by atoms with Gasteiger partial charge in [-0.3, -0.25) is 9.59 Å². The molecule has 34 heavy (non-hydrogen) atoms. The van der Waals surface area contributed by atoms with Crippen molar-refractivity contribution >= 4 is 11.8 Å². The van der Waals surface area contributed by atoms with Gasteiger partial charge in [0.2, 0.25) is 5.91 Å². The SMILES string of the molecule is O=C(CNC(=O)c1ccc(F)cc1F)NCc1cn(-c2ccccc2)nc1-c1ccc(F)cc1. The van der Waals surface area contributed by atoms with E-state index in [0.29, 0.717) is 22.9 Å². The van der Waals surface area contributed by atoms with Gasteiger partial charge in [-0.2, -0.15) is 5.10 Å². The minimum atomic E-state index is -1.02. The van der Waals surface area contributed by atoms with Crippen LogP contribution in [0.5, 0.6) is 0 Å². The van der Waals surface area contributed by atoms with Crippen molar-refractivity contribution in [3.8, 4) is 16.9 Å². The first-order chi connectivity index (χ1) is 16.4. The van der Waals surface area contributed by atoms with Crippen LogP contribution in [-0.4, -0.2) is 28.1 Å². The van der Waals surface area contributed by atoms with Gasteiger partial charge in [-0.25, -0.2) is 17.9 Å². The van der Waals surface area contributed by atoms with E-state index < -0.39 is 30.0 Å².